The Hall–Kier alpha value is -3.97. The van der Waals surface area contributed by atoms with Crippen molar-refractivity contribution >= 4 is 29.2 Å². The number of benzene rings is 3. The highest BCUT2D eigenvalue weighted by atomic mass is 16.7. The molecule has 0 unspecified atom stereocenters. The second-order valence-electron chi connectivity index (χ2n) is 8.07. The van der Waals surface area contributed by atoms with E-state index in [9.17, 15) is 14.4 Å². The average Bonchev–Trinajstić information content (AvgIpc) is 3.35. The Morgan fingerprint density at radius 3 is 2.21 bits per heavy atom. The van der Waals surface area contributed by atoms with E-state index in [0.717, 1.165) is 16.8 Å². The van der Waals surface area contributed by atoms with Crippen molar-refractivity contribution in [1.82, 2.24) is 0 Å². The van der Waals surface area contributed by atoms with Crippen LogP contribution in [0, 0.1) is 12.8 Å². The number of esters is 1. The van der Waals surface area contributed by atoms with Crippen LogP contribution in [0.2, 0.25) is 0 Å². The highest BCUT2D eigenvalue weighted by Gasteiger charge is 2.60. The molecule has 0 saturated carbocycles. The van der Waals surface area contributed by atoms with Gasteiger partial charge in [0.2, 0.25) is 5.91 Å². The highest BCUT2D eigenvalue weighted by molar-refractivity contribution is 6.23. The van der Waals surface area contributed by atoms with Crippen LogP contribution < -0.4 is 9.96 Å². The Morgan fingerprint density at radius 1 is 0.879 bits per heavy atom. The van der Waals surface area contributed by atoms with Crippen LogP contribution >= 0.6 is 0 Å². The summed E-state index contributed by atoms with van der Waals surface area (Å²) in [6, 6.07) is 22.8. The maximum atomic E-state index is 13.6. The lowest BCUT2D eigenvalue weighted by molar-refractivity contribution is -0.126. The zero-order chi connectivity index (χ0) is 23.1. The minimum absolute atomic E-state index is 0.311. The topological polar surface area (TPSA) is 76.2 Å². The van der Waals surface area contributed by atoms with Gasteiger partial charge in [-0.1, -0.05) is 48.5 Å². The summed E-state index contributed by atoms with van der Waals surface area (Å²) in [4.78, 5) is 46.2. The molecule has 2 heterocycles. The predicted octanol–water partition coefficient (Wildman–Crippen LogP) is 3.83. The number of hydroxylamine groups is 1. The van der Waals surface area contributed by atoms with E-state index < -0.39 is 24.0 Å². The highest BCUT2D eigenvalue weighted by Crippen LogP contribution is 2.48. The number of amides is 2. The van der Waals surface area contributed by atoms with Gasteiger partial charge in [-0.2, -0.15) is 0 Å². The molecule has 3 aromatic carbocycles. The van der Waals surface area contributed by atoms with Crippen LogP contribution in [0.4, 0.5) is 11.4 Å². The Morgan fingerprint density at radius 2 is 1.55 bits per heavy atom. The Balaban J connectivity index is 1.59. The van der Waals surface area contributed by atoms with Crippen LogP contribution in [0.1, 0.15) is 27.5 Å². The summed E-state index contributed by atoms with van der Waals surface area (Å²) in [6.07, 6.45) is -0.942. The fourth-order valence-corrected chi connectivity index (χ4v) is 4.54. The molecule has 7 heteroatoms. The van der Waals surface area contributed by atoms with Crippen molar-refractivity contribution in [3.63, 3.8) is 0 Å². The standard InChI is InChI=1S/C26H22N2O5/c1-16-8-6-7-11-20(16)28-22(17-12-14-18(15-13-17)26(31)32-2)21-23(33-28)25(30)27(24(21)29)19-9-4-3-5-10-19/h3-15,21-23H,1-2H3/t21-,22+,23-/m0/s1. The third-order valence-corrected chi connectivity index (χ3v) is 6.16. The molecule has 2 aliphatic heterocycles. The molecule has 0 bridgehead atoms. The first-order valence-corrected chi connectivity index (χ1v) is 10.6. The molecule has 2 saturated heterocycles. The lowest BCUT2D eigenvalue weighted by Crippen LogP contribution is -2.37. The molecule has 33 heavy (non-hydrogen) atoms. The molecule has 0 aromatic heterocycles. The van der Waals surface area contributed by atoms with Gasteiger partial charge in [0.05, 0.1) is 30.1 Å². The number of anilines is 2. The van der Waals surface area contributed by atoms with Gasteiger partial charge in [0, 0.05) is 0 Å². The number of para-hydroxylation sites is 2. The van der Waals surface area contributed by atoms with Crippen molar-refractivity contribution in [2.24, 2.45) is 5.92 Å². The fourth-order valence-electron chi connectivity index (χ4n) is 4.54. The summed E-state index contributed by atoms with van der Waals surface area (Å²) in [5, 5.41) is 1.66. The van der Waals surface area contributed by atoms with Crippen molar-refractivity contribution in [2.45, 2.75) is 19.1 Å². The van der Waals surface area contributed by atoms with Crippen LogP contribution in [-0.2, 0) is 19.2 Å². The molecular formula is C26H22N2O5. The van der Waals surface area contributed by atoms with Crippen LogP contribution in [0.25, 0.3) is 0 Å². The first kappa shape index (κ1) is 20.9. The SMILES string of the molecule is COC(=O)c1ccc([C@@H]2[C@@H]3C(=O)N(c4ccccc4)C(=O)[C@H]3ON2c2ccccc2C)cc1. The molecule has 0 spiro atoms. The maximum Gasteiger partial charge on any atom is 0.337 e. The molecule has 2 amide bonds. The molecule has 0 aliphatic carbocycles. The van der Waals surface area contributed by atoms with E-state index in [0.29, 0.717) is 11.3 Å². The molecule has 0 N–H and O–H groups in total. The summed E-state index contributed by atoms with van der Waals surface area (Å²) < 4.78 is 4.79. The molecule has 5 rings (SSSR count). The number of ether oxygens (including phenoxy) is 1. The minimum atomic E-state index is -0.942. The van der Waals surface area contributed by atoms with E-state index in [4.69, 9.17) is 9.57 Å². The van der Waals surface area contributed by atoms with E-state index in [2.05, 4.69) is 0 Å². The van der Waals surface area contributed by atoms with Crippen molar-refractivity contribution in [2.75, 3.05) is 17.1 Å². The lowest BCUT2D eigenvalue weighted by atomic mass is 9.90. The van der Waals surface area contributed by atoms with Gasteiger partial charge in [0.15, 0.2) is 6.10 Å². The molecule has 7 nitrogen and oxygen atoms in total. The largest absolute Gasteiger partial charge is 0.465 e. The summed E-state index contributed by atoms with van der Waals surface area (Å²) in [7, 11) is 1.33. The number of hydrogen-bond acceptors (Lipinski definition) is 6. The zero-order valence-electron chi connectivity index (χ0n) is 18.2. The first-order valence-electron chi connectivity index (χ1n) is 10.6. The number of methoxy groups -OCH3 is 1. The monoisotopic (exact) mass is 442 g/mol. The van der Waals surface area contributed by atoms with Crippen molar-refractivity contribution in [3.05, 3.63) is 95.6 Å². The quantitative estimate of drug-likeness (QED) is 0.452. The Kier molecular flexibility index (Phi) is 5.18. The molecule has 3 atom stereocenters. The number of nitrogens with zero attached hydrogens (tertiary/aromatic N) is 2. The number of carbonyl (C=O) groups is 3. The smallest absolute Gasteiger partial charge is 0.337 e. The number of rotatable bonds is 4. The average molecular weight is 442 g/mol. The summed E-state index contributed by atoms with van der Waals surface area (Å²) in [5.41, 5.74) is 3.41. The van der Waals surface area contributed by atoms with E-state index in [-0.39, 0.29) is 11.8 Å². The van der Waals surface area contributed by atoms with Gasteiger partial charge in [-0.05, 0) is 48.4 Å². The molecular weight excluding hydrogens is 420 g/mol. The van der Waals surface area contributed by atoms with Gasteiger partial charge >= 0.3 is 5.97 Å². The van der Waals surface area contributed by atoms with E-state index in [1.54, 1.807) is 53.6 Å². The lowest BCUT2D eigenvalue weighted by Gasteiger charge is -2.29. The molecule has 0 radical (unpaired) electrons. The Labute approximate surface area is 191 Å². The van der Waals surface area contributed by atoms with Gasteiger partial charge in [0.25, 0.3) is 5.91 Å². The summed E-state index contributed by atoms with van der Waals surface area (Å²) >= 11 is 0. The van der Waals surface area contributed by atoms with Gasteiger partial charge in [-0.3, -0.25) is 14.4 Å². The van der Waals surface area contributed by atoms with E-state index in [1.807, 2.05) is 37.3 Å². The van der Waals surface area contributed by atoms with E-state index in [1.165, 1.54) is 12.0 Å². The van der Waals surface area contributed by atoms with Gasteiger partial charge < -0.3 is 4.74 Å². The molecule has 3 aromatic rings. The van der Waals surface area contributed by atoms with Crippen molar-refractivity contribution < 1.29 is 24.0 Å². The number of carbonyl (C=O) groups excluding carboxylic acids is 3. The second-order valence-corrected chi connectivity index (χ2v) is 8.07. The second kappa shape index (κ2) is 8.18. The van der Waals surface area contributed by atoms with E-state index >= 15 is 0 Å². The number of hydrogen-bond donors (Lipinski definition) is 0. The number of imide groups is 1. The van der Waals surface area contributed by atoms with Crippen LogP contribution in [0.3, 0.4) is 0 Å². The summed E-state index contributed by atoms with van der Waals surface area (Å²) in [5.74, 6) is -1.88. The van der Waals surface area contributed by atoms with Gasteiger partial charge in [-0.25, -0.2) is 14.8 Å². The summed E-state index contributed by atoms with van der Waals surface area (Å²) in [6.45, 7) is 1.95. The van der Waals surface area contributed by atoms with Gasteiger partial charge in [0.1, 0.15) is 5.92 Å². The van der Waals surface area contributed by atoms with Crippen molar-refractivity contribution in [1.29, 1.82) is 0 Å². The van der Waals surface area contributed by atoms with Gasteiger partial charge in [-0.15, -0.1) is 0 Å². The molecule has 2 aliphatic rings. The van der Waals surface area contributed by atoms with Crippen LogP contribution in [0.15, 0.2) is 78.9 Å². The van der Waals surface area contributed by atoms with Crippen molar-refractivity contribution in [3.8, 4) is 0 Å². The van der Waals surface area contributed by atoms with Crippen LogP contribution in [0.5, 0.6) is 0 Å². The third-order valence-electron chi connectivity index (χ3n) is 6.16. The normalized spacial score (nSPS) is 21.9. The molecule has 166 valence electrons. The van der Waals surface area contributed by atoms with Crippen LogP contribution in [-0.4, -0.2) is 31.0 Å². The zero-order valence-corrected chi connectivity index (χ0v) is 18.2. The number of aryl methyl sites for hydroxylation is 1. The number of fused-ring (bicyclic) bond motifs is 1. The fraction of sp³-hybridized carbons (Fsp3) is 0.192. The Bertz CT molecular complexity index is 1220. The maximum absolute atomic E-state index is 13.6. The predicted molar refractivity (Wildman–Crippen MR) is 121 cm³/mol. The molecule has 2 fully saturated rings. The first-order chi connectivity index (χ1) is 16.0. The third kappa shape index (κ3) is 3.37. The minimum Gasteiger partial charge on any atom is -0.465 e.